The van der Waals surface area contributed by atoms with Gasteiger partial charge in [-0.15, -0.1) is 24.5 Å². The fourth-order valence-corrected chi connectivity index (χ4v) is 2.59. The normalized spacial score (nSPS) is 13.2. The third kappa shape index (κ3) is 4.21. The van der Waals surface area contributed by atoms with E-state index in [0.717, 1.165) is 16.3 Å². The van der Waals surface area contributed by atoms with E-state index in [1.807, 2.05) is 12.3 Å². The van der Waals surface area contributed by atoms with Gasteiger partial charge in [0.25, 0.3) is 0 Å². The van der Waals surface area contributed by atoms with E-state index >= 15 is 0 Å². The minimum absolute atomic E-state index is 0.0246. The summed E-state index contributed by atoms with van der Waals surface area (Å²) in [5.74, 6) is -0.243. The lowest BCUT2D eigenvalue weighted by Gasteiger charge is -2.08. The molecule has 3 nitrogen and oxygen atoms in total. The van der Waals surface area contributed by atoms with Crippen molar-refractivity contribution in [1.29, 1.82) is 0 Å². The van der Waals surface area contributed by atoms with Gasteiger partial charge in [0.15, 0.2) is 0 Å². The first kappa shape index (κ1) is 14.8. The molecule has 2 N–H and O–H groups in total. The lowest BCUT2D eigenvalue weighted by atomic mass is 10.2. The number of nitrogens with two attached hydrogens (primary N) is 1. The second-order valence-electron chi connectivity index (χ2n) is 4.38. The number of alkyl halides is 3. The van der Waals surface area contributed by atoms with Crippen LogP contribution in [0.25, 0.3) is 11.3 Å². The van der Waals surface area contributed by atoms with Gasteiger partial charge in [-0.3, -0.25) is 0 Å². The second-order valence-corrected chi connectivity index (χ2v) is 5.32. The van der Waals surface area contributed by atoms with Crippen LogP contribution in [0.5, 0.6) is 5.75 Å². The van der Waals surface area contributed by atoms with Crippen LogP contribution >= 0.6 is 11.3 Å². The van der Waals surface area contributed by atoms with Crippen LogP contribution in [0.15, 0.2) is 29.6 Å². The van der Waals surface area contributed by atoms with Crippen molar-refractivity contribution in [2.45, 2.75) is 25.7 Å². The minimum Gasteiger partial charge on any atom is -0.406 e. The van der Waals surface area contributed by atoms with Crippen molar-refractivity contribution in [3.8, 4) is 17.0 Å². The van der Waals surface area contributed by atoms with Crippen molar-refractivity contribution in [2.75, 3.05) is 0 Å². The van der Waals surface area contributed by atoms with Crippen LogP contribution in [-0.4, -0.2) is 17.4 Å². The topological polar surface area (TPSA) is 48.1 Å². The summed E-state index contributed by atoms with van der Waals surface area (Å²) in [5, 5.41) is 2.77. The standard InChI is InChI=1S/C13H13F3N2OS/c1-8(17)6-12-18-11(7-20-12)9-2-4-10(5-3-9)19-13(14,15)16/h2-5,7-8H,6,17H2,1H3. The maximum Gasteiger partial charge on any atom is 0.573 e. The van der Waals surface area contributed by atoms with Crippen molar-refractivity contribution in [2.24, 2.45) is 5.73 Å². The maximum atomic E-state index is 12.0. The van der Waals surface area contributed by atoms with Gasteiger partial charge in [-0.05, 0) is 31.2 Å². The molecule has 2 rings (SSSR count). The summed E-state index contributed by atoms with van der Waals surface area (Å²) in [6.07, 6.45) is -3.99. The van der Waals surface area contributed by atoms with E-state index < -0.39 is 6.36 Å². The van der Waals surface area contributed by atoms with E-state index in [-0.39, 0.29) is 11.8 Å². The molecule has 0 aliphatic rings. The van der Waals surface area contributed by atoms with Crippen molar-refractivity contribution >= 4 is 11.3 Å². The van der Waals surface area contributed by atoms with Crippen LogP contribution in [0.2, 0.25) is 0 Å². The zero-order valence-corrected chi connectivity index (χ0v) is 11.5. The highest BCUT2D eigenvalue weighted by Crippen LogP contribution is 2.27. The van der Waals surface area contributed by atoms with E-state index in [1.54, 1.807) is 12.1 Å². The van der Waals surface area contributed by atoms with Crippen molar-refractivity contribution < 1.29 is 17.9 Å². The molecule has 0 bridgehead atoms. The molecule has 0 spiro atoms. The van der Waals surface area contributed by atoms with E-state index in [2.05, 4.69) is 9.72 Å². The predicted molar refractivity (Wildman–Crippen MR) is 71.6 cm³/mol. The fourth-order valence-electron chi connectivity index (χ4n) is 1.64. The molecule has 7 heteroatoms. The molecule has 1 heterocycles. The van der Waals surface area contributed by atoms with Gasteiger partial charge in [0.05, 0.1) is 10.7 Å². The minimum atomic E-state index is -4.67. The number of benzene rings is 1. The molecule has 0 amide bonds. The van der Waals surface area contributed by atoms with Gasteiger partial charge in [-0.1, -0.05) is 0 Å². The van der Waals surface area contributed by atoms with Gasteiger partial charge < -0.3 is 10.5 Å². The lowest BCUT2D eigenvalue weighted by molar-refractivity contribution is -0.274. The van der Waals surface area contributed by atoms with Crippen LogP contribution in [0.1, 0.15) is 11.9 Å². The summed E-state index contributed by atoms with van der Waals surface area (Å²) < 4.78 is 40.0. The quantitative estimate of drug-likeness (QED) is 0.938. The van der Waals surface area contributed by atoms with E-state index in [4.69, 9.17) is 5.73 Å². The molecular weight excluding hydrogens is 289 g/mol. The highest BCUT2D eigenvalue weighted by Gasteiger charge is 2.30. The first-order valence-corrected chi connectivity index (χ1v) is 6.77. The van der Waals surface area contributed by atoms with Crippen LogP contribution in [0, 0.1) is 0 Å². The highest BCUT2D eigenvalue weighted by molar-refractivity contribution is 7.09. The fraction of sp³-hybridized carbons (Fsp3) is 0.308. The molecule has 0 fully saturated rings. The molecule has 108 valence electrons. The molecule has 1 unspecified atom stereocenters. The summed E-state index contributed by atoms with van der Waals surface area (Å²) in [6.45, 7) is 1.89. The molecule has 1 atom stereocenters. The van der Waals surface area contributed by atoms with Gasteiger partial charge in [-0.2, -0.15) is 0 Å². The van der Waals surface area contributed by atoms with Crippen molar-refractivity contribution in [3.63, 3.8) is 0 Å². The number of nitrogens with zero attached hydrogens (tertiary/aromatic N) is 1. The Morgan fingerprint density at radius 3 is 2.50 bits per heavy atom. The Morgan fingerprint density at radius 2 is 1.95 bits per heavy atom. The van der Waals surface area contributed by atoms with E-state index in [0.29, 0.717) is 6.42 Å². The van der Waals surface area contributed by atoms with Crippen molar-refractivity contribution in [3.05, 3.63) is 34.7 Å². The molecule has 0 saturated heterocycles. The smallest absolute Gasteiger partial charge is 0.406 e. The zero-order valence-electron chi connectivity index (χ0n) is 10.6. The predicted octanol–water partition coefficient (Wildman–Crippen LogP) is 3.60. The third-order valence-corrected chi connectivity index (χ3v) is 3.30. The SMILES string of the molecule is CC(N)Cc1nc(-c2ccc(OC(F)(F)F)cc2)cs1. The van der Waals surface area contributed by atoms with Crippen LogP contribution in [-0.2, 0) is 6.42 Å². The van der Waals surface area contributed by atoms with Gasteiger partial charge >= 0.3 is 6.36 Å². The van der Waals surface area contributed by atoms with E-state index in [9.17, 15) is 13.2 Å². The number of thiazole rings is 1. The monoisotopic (exact) mass is 302 g/mol. The van der Waals surface area contributed by atoms with Crippen LogP contribution in [0.4, 0.5) is 13.2 Å². The Bertz CT molecular complexity index is 564. The van der Waals surface area contributed by atoms with Gasteiger partial charge in [0, 0.05) is 23.4 Å². The summed E-state index contributed by atoms with van der Waals surface area (Å²) in [5.41, 5.74) is 7.16. The Balaban J connectivity index is 2.11. The molecular formula is C13H13F3N2OS. The Hall–Kier alpha value is -1.60. The number of aromatic nitrogens is 1. The molecule has 1 aromatic carbocycles. The van der Waals surface area contributed by atoms with Gasteiger partial charge in [0.2, 0.25) is 0 Å². The molecule has 2 aromatic rings. The highest BCUT2D eigenvalue weighted by atomic mass is 32.1. The Kier molecular flexibility index (Phi) is 4.29. The first-order valence-electron chi connectivity index (χ1n) is 5.89. The average Bonchev–Trinajstić information content (AvgIpc) is 2.75. The third-order valence-electron chi connectivity index (χ3n) is 2.43. The van der Waals surface area contributed by atoms with Crippen molar-refractivity contribution in [1.82, 2.24) is 4.98 Å². The average molecular weight is 302 g/mol. The summed E-state index contributed by atoms with van der Waals surface area (Å²) in [7, 11) is 0. The number of rotatable bonds is 4. The van der Waals surface area contributed by atoms with Crippen LogP contribution < -0.4 is 10.5 Å². The molecule has 20 heavy (non-hydrogen) atoms. The summed E-state index contributed by atoms with van der Waals surface area (Å²) in [4.78, 5) is 4.40. The van der Waals surface area contributed by atoms with Gasteiger partial charge in [-0.25, -0.2) is 4.98 Å². The number of halogens is 3. The zero-order chi connectivity index (χ0) is 14.8. The Labute approximate surface area is 118 Å². The molecule has 1 aromatic heterocycles. The first-order chi connectivity index (χ1) is 9.33. The maximum absolute atomic E-state index is 12.0. The largest absolute Gasteiger partial charge is 0.573 e. The van der Waals surface area contributed by atoms with Gasteiger partial charge in [0.1, 0.15) is 5.75 Å². The number of hydrogen-bond donors (Lipinski definition) is 1. The van der Waals surface area contributed by atoms with E-state index in [1.165, 1.54) is 23.5 Å². The molecule has 0 saturated carbocycles. The summed E-state index contributed by atoms with van der Waals surface area (Å²) >= 11 is 1.48. The number of ether oxygens (including phenoxy) is 1. The number of hydrogen-bond acceptors (Lipinski definition) is 4. The molecule has 0 aliphatic carbocycles. The second kappa shape index (κ2) is 5.80. The Morgan fingerprint density at radius 1 is 1.30 bits per heavy atom. The summed E-state index contributed by atoms with van der Waals surface area (Å²) in [6, 6.07) is 5.66. The van der Waals surface area contributed by atoms with Crippen LogP contribution in [0.3, 0.4) is 0 Å². The molecule has 0 radical (unpaired) electrons. The molecule has 0 aliphatic heterocycles. The lowest BCUT2D eigenvalue weighted by Crippen LogP contribution is -2.17.